The van der Waals surface area contributed by atoms with Crippen LogP contribution >= 0.6 is 12.4 Å². The van der Waals surface area contributed by atoms with Crippen LogP contribution in [0.3, 0.4) is 0 Å². The van der Waals surface area contributed by atoms with Crippen molar-refractivity contribution >= 4 is 30.3 Å². The lowest BCUT2D eigenvalue weighted by Crippen LogP contribution is -2.11. The Morgan fingerprint density at radius 1 is 0.513 bits per heavy atom. The highest BCUT2D eigenvalue weighted by Gasteiger charge is 1.96. The van der Waals surface area contributed by atoms with Crippen LogP contribution in [0.2, 0.25) is 0 Å². The maximum absolute atomic E-state index is 10.8. The SMILES string of the molecule is C=CC(=O)OCCCC.C=CC(=O)OCCCCCCCCCCCCCCCC.C=CC(=O)OCCN.Cl. The summed E-state index contributed by atoms with van der Waals surface area (Å²) in [5, 5.41) is 0. The maximum Gasteiger partial charge on any atom is 0.330 e. The molecule has 0 fully saturated rings. The summed E-state index contributed by atoms with van der Waals surface area (Å²) in [5.74, 6) is -1.05. The maximum atomic E-state index is 10.8. The number of esters is 3. The molecule has 0 spiro atoms. The summed E-state index contributed by atoms with van der Waals surface area (Å²) < 4.78 is 14.1. The molecule has 0 radical (unpaired) electrons. The summed E-state index contributed by atoms with van der Waals surface area (Å²) in [5.41, 5.74) is 5.02. The summed E-state index contributed by atoms with van der Waals surface area (Å²) >= 11 is 0. The molecule has 0 unspecified atom stereocenters. The zero-order valence-electron chi connectivity index (χ0n) is 24.9. The van der Waals surface area contributed by atoms with Gasteiger partial charge < -0.3 is 19.9 Å². The van der Waals surface area contributed by atoms with Crippen LogP contribution in [0.15, 0.2) is 38.0 Å². The molecule has 0 saturated carbocycles. The predicted octanol–water partition coefficient (Wildman–Crippen LogP) is 7.81. The lowest BCUT2D eigenvalue weighted by atomic mass is 10.0. The van der Waals surface area contributed by atoms with E-state index in [1.54, 1.807) is 0 Å². The highest BCUT2D eigenvalue weighted by atomic mass is 35.5. The first-order chi connectivity index (χ1) is 18.4. The summed E-state index contributed by atoms with van der Waals surface area (Å²) in [6.45, 7) is 15.8. The summed E-state index contributed by atoms with van der Waals surface area (Å²) in [6.07, 6.45) is 24.3. The highest BCUT2D eigenvalue weighted by Crippen LogP contribution is 2.12. The Hall–Kier alpha value is -2.12. The zero-order chi connectivity index (χ0) is 29.1. The van der Waals surface area contributed by atoms with Crippen LogP contribution in [-0.2, 0) is 28.6 Å². The van der Waals surface area contributed by atoms with Crippen molar-refractivity contribution in [2.45, 2.75) is 117 Å². The van der Waals surface area contributed by atoms with Crippen LogP contribution in [0.5, 0.6) is 0 Å². The van der Waals surface area contributed by atoms with E-state index >= 15 is 0 Å². The number of nitrogens with two attached hydrogens (primary N) is 1. The van der Waals surface area contributed by atoms with Gasteiger partial charge in [-0.15, -0.1) is 12.4 Å². The minimum Gasteiger partial charge on any atom is -0.463 e. The lowest BCUT2D eigenvalue weighted by Gasteiger charge is -2.03. The molecule has 7 nitrogen and oxygen atoms in total. The van der Waals surface area contributed by atoms with Crippen molar-refractivity contribution in [3.63, 3.8) is 0 Å². The Kier molecular flexibility index (Phi) is 45.5. The number of ether oxygens (including phenoxy) is 3. The second-order valence-corrected chi connectivity index (χ2v) is 8.85. The van der Waals surface area contributed by atoms with Crippen LogP contribution in [-0.4, -0.2) is 44.3 Å². The number of hydrogen-bond donors (Lipinski definition) is 1. The third kappa shape index (κ3) is 46.1. The average Bonchev–Trinajstić information content (AvgIpc) is 2.94. The molecule has 0 saturated heterocycles. The van der Waals surface area contributed by atoms with Gasteiger partial charge in [0.25, 0.3) is 0 Å². The van der Waals surface area contributed by atoms with Crippen molar-refractivity contribution in [3.05, 3.63) is 38.0 Å². The Bertz CT molecular complexity index is 583. The van der Waals surface area contributed by atoms with E-state index in [1.807, 2.05) is 6.92 Å². The number of unbranched alkanes of at least 4 members (excludes halogenated alkanes) is 14. The van der Waals surface area contributed by atoms with Crippen molar-refractivity contribution in [1.82, 2.24) is 0 Å². The van der Waals surface area contributed by atoms with Crippen molar-refractivity contribution in [2.75, 3.05) is 26.4 Å². The molecule has 0 bridgehead atoms. The number of hydrogen-bond acceptors (Lipinski definition) is 7. The predicted molar refractivity (Wildman–Crippen MR) is 165 cm³/mol. The number of rotatable bonds is 23. The van der Waals surface area contributed by atoms with Gasteiger partial charge in [0.1, 0.15) is 6.61 Å². The smallest absolute Gasteiger partial charge is 0.330 e. The molecule has 0 aromatic heterocycles. The van der Waals surface area contributed by atoms with Crippen LogP contribution < -0.4 is 5.73 Å². The Morgan fingerprint density at radius 2 is 0.795 bits per heavy atom. The average molecular weight is 576 g/mol. The summed E-state index contributed by atoms with van der Waals surface area (Å²) in [6, 6.07) is 0. The molecule has 0 heterocycles. The topological polar surface area (TPSA) is 105 Å². The van der Waals surface area contributed by atoms with Gasteiger partial charge in [-0.1, -0.05) is 123 Å². The molecule has 0 aromatic rings. The van der Waals surface area contributed by atoms with Gasteiger partial charge in [0.15, 0.2) is 0 Å². The van der Waals surface area contributed by atoms with E-state index in [0.717, 1.165) is 25.3 Å². The second-order valence-electron chi connectivity index (χ2n) is 8.85. The van der Waals surface area contributed by atoms with Crippen molar-refractivity contribution < 1.29 is 28.6 Å². The molecule has 0 atom stereocenters. The van der Waals surface area contributed by atoms with E-state index in [-0.39, 0.29) is 31.0 Å². The first-order valence-corrected chi connectivity index (χ1v) is 14.5. The molecule has 0 aromatic carbocycles. The van der Waals surface area contributed by atoms with Gasteiger partial charge in [-0.05, 0) is 12.8 Å². The van der Waals surface area contributed by atoms with E-state index in [9.17, 15) is 14.4 Å². The van der Waals surface area contributed by atoms with Gasteiger partial charge in [0, 0.05) is 24.8 Å². The Balaban J connectivity index is -0.000000281. The van der Waals surface area contributed by atoms with Gasteiger partial charge in [-0.3, -0.25) is 0 Å². The first kappa shape index (κ1) is 43.9. The minimum atomic E-state index is -0.421. The molecule has 8 heteroatoms. The van der Waals surface area contributed by atoms with Crippen molar-refractivity contribution in [2.24, 2.45) is 5.73 Å². The Morgan fingerprint density at radius 3 is 1.10 bits per heavy atom. The molecule has 0 aliphatic heterocycles. The highest BCUT2D eigenvalue weighted by molar-refractivity contribution is 5.85. The number of halogens is 1. The molecule has 230 valence electrons. The summed E-state index contributed by atoms with van der Waals surface area (Å²) in [4.78, 5) is 31.3. The standard InChI is InChI=1S/C19H36O2.C7H12O2.C5H9NO2.ClH/c1-3-5-6-7-8-9-10-11-12-13-14-15-16-17-18-21-19(20)4-2;1-3-5-6-9-7(8)4-2;1-2-5(7)8-4-3-6;/h4H,2-3,5-18H2,1H3;4H,2-3,5-6H2,1H3;2H,1,3-4,6H2;1H. The van der Waals surface area contributed by atoms with Crippen LogP contribution in [0, 0.1) is 0 Å². The van der Waals surface area contributed by atoms with E-state index in [1.165, 1.54) is 95.6 Å². The Labute approximate surface area is 245 Å². The van der Waals surface area contributed by atoms with E-state index in [4.69, 9.17) is 10.5 Å². The monoisotopic (exact) mass is 575 g/mol. The number of carbonyl (C=O) groups excluding carboxylic acids is 3. The normalized spacial score (nSPS) is 9.31. The number of carbonyl (C=O) groups is 3. The molecule has 0 aliphatic carbocycles. The summed E-state index contributed by atoms with van der Waals surface area (Å²) in [7, 11) is 0. The van der Waals surface area contributed by atoms with E-state index in [0.29, 0.717) is 19.8 Å². The molecule has 0 aliphatic rings. The minimum absolute atomic E-state index is 0. The first-order valence-electron chi connectivity index (χ1n) is 14.5. The zero-order valence-corrected chi connectivity index (χ0v) is 25.7. The molecule has 39 heavy (non-hydrogen) atoms. The van der Waals surface area contributed by atoms with Gasteiger partial charge >= 0.3 is 17.9 Å². The van der Waals surface area contributed by atoms with Crippen LogP contribution in [0.4, 0.5) is 0 Å². The van der Waals surface area contributed by atoms with Crippen molar-refractivity contribution in [3.8, 4) is 0 Å². The second kappa shape index (κ2) is 40.4. The fourth-order valence-corrected chi connectivity index (χ4v) is 3.12. The van der Waals surface area contributed by atoms with Crippen molar-refractivity contribution in [1.29, 1.82) is 0 Å². The van der Waals surface area contributed by atoms with Crippen LogP contribution in [0.1, 0.15) is 117 Å². The fraction of sp³-hybridized carbons (Fsp3) is 0.710. The molecule has 0 amide bonds. The third-order valence-corrected chi connectivity index (χ3v) is 5.35. The molecular formula is C31H58ClNO6. The van der Waals surface area contributed by atoms with Crippen LogP contribution in [0.25, 0.3) is 0 Å². The van der Waals surface area contributed by atoms with Gasteiger partial charge in [0.2, 0.25) is 0 Å². The van der Waals surface area contributed by atoms with Gasteiger partial charge in [0.05, 0.1) is 13.2 Å². The quantitative estimate of drug-likeness (QED) is 0.0573. The lowest BCUT2D eigenvalue weighted by molar-refractivity contribution is -0.138. The molecule has 2 N–H and O–H groups in total. The fourth-order valence-electron chi connectivity index (χ4n) is 3.12. The third-order valence-electron chi connectivity index (χ3n) is 5.35. The molecule has 0 rings (SSSR count). The van der Waals surface area contributed by atoms with Gasteiger partial charge in [-0.25, -0.2) is 14.4 Å². The largest absolute Gasteiger partial charge is 0.463 e. The molecular weight excluding hydrogens is 518 g/mol. The van der Waals surface area contributed by atoms with E-state index < -0.39 is 5.97 Å². The van der Waals surface area contributed by atoms with E-state index in [2.05, 4.69) is 36.1 Å². The van der Waals surface area contributed by atoms with Gasteiger partial charge in [-0.2, -0.15) is 0 Å².